The van der Waals surface area contributed by atoms with E-state index in [1.807, 2.05) is 6.92 Å². The zero-order valence-electron chi connectivity index (χ0n) is 14.4. The molecule has 1 aromatic carbocycles. The second-order valence-electron chi connectivity index (χ2n) is 6.33. The summed E-state index contributed by atoms with van der Waals surface area (Å²) in [4.78, 5) is 13.9. The van der Waals surface area contributed by atoms with Gasteiger partial charge in [-0.1, -0.05) is 19.4 Å². The van der Waals surface area contributed by atoms with Crippen molar-refractivity contribution in [2.45, 2.75) is 37.1 Å². The van der Waals surface area contributed by atoms with Gasteiger partial charge in [-0.3, -0.25) is 4.79 Å². The quantitative estimate of drug-likeness (QED) is 0.752. The number of benzene rings is 1. The van der Waals surface area contributed by atoms with Crippen LogP contribution >= 0.6 is 0 Å². The fourth-order valence-electron chi connectivity index (χ4n) is 2.69. The van der Waals surface area contributed by atoms with Gasteiger partial charge in [0.1, 0.15) is 0 Å². The predicted molar refractivity (Wildman–Crippen MR) is 95.7 cm³/mol. The molecule has 1 fully saturated rings. The minimum absolute atomic E-state index is 0.0130. The van der Waals surface area contributed by atoms with Gasteiger partial charge >= 0.3 is 0 Å². The Morgan fingerprint density at radius 2 is 2.08 bits per heavy atom. The first-order valence-corrected chi connectivity index (χ1v) is 11.5. The zero-order valence-corrected chi connectivity index (χ0v) is 16.1. The van der Waals surface area contributed by atoms with Crippen molar-refractivity contribution < 1.29 is 21.6 Å². The third-order valence-electron chi connectivity index (χ3n) is 4.14. The van der Waals surface area contributed by atoms with Crippen molar-refractivity contribution in [3.63, 3.8) is 0 Å². The van der Waals surface area contributed by atoms with E-state index in [0.717, 1.165) is 12.8 Å². The molecule has 2 rings (SSSR count). The highest BCUT2D eigenvalue weighted by molar-refractivity contribution is 7.92. The van der Waals surface area contributed by atoms with E-state index >= 15 is 0 Å². The largest absolute Gasteiger partial charge is 0.342 e. The first-order chi connectivity index (χ1) is 11.6. The van der Waals surface area contributed by atoms with Gasteiger partial charge in [0.25, 0.3) is 5.91 Å². The summed E-state index contributed by atoms with van der Waals surface area (Å²) in [5.74, 6) is -0.445. The standard InChI is InChI=1S/C16H24N2O5S2/c1-3-4-9-18(2)16(19)13-6-5-7-15(11-13)25(22,23)17-14-8-10-24(20,21)12-14/h5-7,11,14,17H,3-4,8-10,12H2,1-2H3/t14-/m0/s1. The second-order valence-corrected chi connectivity index (χ2v) is 10.3. The summed E-state index contributed by atoms with van der Waals surface area (Å²) in [5, 5.41) is 0. The molecule has 0 spiro atoms. The molecular weight excluding hydrogens is 364 g/mol. The lowest BCUT2D eigenvalue weighted by atomic mass is 10.2. The topological polar surface area (TPSA) is 101 Å². The molecular formula is C16H24N2O5S2. The molecule has 1 aromatic rings. The number of hydrogen-bond donors (Lipinski definition) is 1. The average Bonchev–Trinajstić information content (AvgIpc) is 2.89. The van der Waals surface area contributed by atoms with E-state index < -0.39 is 25.9 Å². The number of rotatable bonds is 7. The molecule has 1 N–H and O–H groups in total. The van der Waals surface area contributed by atoms with Crippen molar-refractivity contribution >= 4 is 25.8 Å². The SMILES string of the molecule is CCCCN(C)C(=O)c1cccc(S(=O)(=O)N[C@H]2CCS(=O)(=O)C2)c1. The van der Waals surface area contributed by atoms with Gasteiger partial charge < -0.3 is 4.90 Å². The Balaban J connectivity index is 2.15. The molecule has 25 heavy (non-hydrogen) atoms. The van der Waals surface area contributed by atoms with Crippen LogP contribution in [0.1, 0.15) is 36.5 Å². The zero-order chi connectivity index (χ0) is 18.7. The minimum Gasteiger partial charge on any atom is -0.342 e. The Morgan fingerprint density at radius 3 is 2.68 bits per heavy atom. The Morgan fingerprint density at radius 1 is 1.36 bits per heavy atom. The first-order valence-electron chi connectivity index (χ1n) is 8.23. The van der Waals surface area contributed by atoms with Crippen LogP contribution in [0.4, 0.5) is 0 Å². The van der Waals surface area contributed by atoms with Crippen LogP contribution in [-0.2, 0) is 19.9 Å². The van der Waals surface area contributed by atoms with Gasteiger partial charge in [0.05, 0.1) is 16.4 Å². The highest BCUT2D eigenvalue weighted by Crippen LogP contribution is 2.17. The Kier molecular flexibility index (Phi) is 6.23. The lowest BCUT2D eigenvalue weighted by molar-refractivity contribution is 0.0793. The lowest BCUT2D eigenvalue weighted by Gasteiger charge is -2.17. The van der Waals surface area contributed by atoms with Crippen molar-refractivity contribution in [2.24, 2.45) is 0 Å². The average molecular weight is 389 g/mol. The van der Waals surface area contributed by atoms with Gasteiger partial charge in [-0.2, -0.15) is 0 Å². The van der Waals surface area contributed by atoms with Crippen LogP contribution in [-0.4, -0.2) is 58.8 Å². The van der Waals surface area contributed by atoms with Crippen molar-refractivity contribution in [1.29, 1.82) is 0 Å². The monoisotopic (exact) mass is 388 g/mol. The van der Waals surface area contributed by atoms with Crippen molar-refractivity contribution in [1.82, 2.24) is 9.62 Å². The number of nitrogens with zero attached hydrogens (tertiary/aromatic N) is 1. The third-order valence-corrected chi connectivity index (χ3v) is 7.43. The van der Waals surface area contributed by atoms with Gasteiger partial charge in [-0.15, -0.1) is 0 Å². The predicted octanol–water partition coefficient (Wildman–Crippen LogP) is 1.02. The van der Waals surface area contributed by atoms with E-state index in [4.69, 9.17) is 0 Å². The molecule has 1 aliphatic rings. The van der Waals surface area contributed by atoms with Crippen molar-refractivity contribution in [3.05, 3.63) is 29.8 Å². The maximum absolute atomic E-state index is 12.5. The number of hydrogen-bond acceptors (Lipinski definition) is 5. The van der Waals surface area contributed by atoms with E-state index in [2.05, 4.69) is 4.72 Å². The maximum Gasteiger partial charge on any atom is 0.253 e. The van der Waals surface area contributed by atoms with Crippen molar-refractivity contribution in [2.75, 3.05) is 25.1 Å². The van der Waals surface area contributed by atoms with Gasteiger partial charge in [-0.25, -0.2) is 21.6 Å². The van der Waals surface area contributed by atoms with Crippen LogP contribution in [0.2, 0.25) is 0 Å². The second kappa shape index (κ2) is 7.84. The number of sulfonamides is 1. The highest BCUT2D eigenvalue weighted by Gasteiger charge is 2.31. The normalized spacial score (nSPS) is 19.7. The van der Waals surface area contributed by atoms with Crippen LogP contribution < -0.4 is 4.72 Å². The van der Waals surface area contributed by atoms with E-state index in [1.165, 1.54) is 18.2 Å². The molecule has 1 atom stereocenters. The van der Waals surface area contributed by atoms with Gasteiger partial charge in [0.2, 0.25) is 10.0 Å². The molecule has 9 heteroatoms. The lowest BCUT2D eigenvalue weighted by Crippen LogP contribution is -2.35. The molecule has 1 heterocycles. The molecule has 0 unspecified atom stereocenters. The summed E-state index contributed by atoms with van der Waals surface area (Å²) >= 11 is 0. The molecule has 0 bridgehead atoms. The van der Waals surface area contributed by atoms with E-state index in [1.54, 1.807) is 18.0 Å². The smallest absolute Gasteiger partial charge is 0.253 e. The van der Waals surface area contributed by atoms with Crippen LogP contribution in [0.5, 0.6) is 0 Å². The van der Waals surface area contributed by atoms with Gasteiger partial charge in [0, 0.05) is 25.2 Å². The first kappa shape index (κ1) is 19.9. The molecule has 7 nitrogen and oxygen atoms in total. The Bertz CT molecular complexity index is 834. The van der Waals surface area contributed by atoms with Crippen molar-refractivity contribution in [3.8, 4) is 0 Å². The van der Waals surface area contributed by atoms with E-state index in [0.29, 0.717) is 12.1 Å². The molecule has 0 radical (unpaired) electrons. The Hall–Kier alpha value is -1.45. The molecule has 1 saturated heterocycles. The number of amides is 1. The summed E-state index contributed by atoms with van der Waals surface area (Å²) in [5.41, 5.74) is 0.292. The molecule has 140 valence electrons. The Labute approximate surface area is 149 Å². The number of sulfone groups is 1. The molecule has 1 aliphatic heterocycles. The summed E-state index contributed by atoms with van der Waals surface area (Å²) in [6.45, 7) is 2.63. The van der Waals surface area contributed by atoms with Crippen LogP contribution in [0.3, 0.4) is 0 Å². The minimum atomic E-state index is -3.88. The highest BCUT2D eigenvalue weighted by atomic mass is 32.2. The summed E-state index contributed by atoms with van der Waals surface area (Å²) in [6, 6.07) is 5.19. The molecule has 0 saturated carbocycles. The number of unbranched alkanes of at least 4 members (excludes halogenated alkanes) is 1. The van der Waals surface area contributed by atoms with Gasteiger partial charge in [-0.05, 0) is 31.0 Å². The van der Waals surface area contributed by atoms with Crippen LogP contribution in [0.15, 0.2) is 29.2 Å². The number of nitrogens with one attached hydrogen (secondary N) is 1. The van der Waals surface area contributed by atoms with E-state index in [9.17, 15) is 21.6 Å². The number of carbonyl (C=O) groups excluding carboxylic acids is 1. The van der Waals surface area contributed by atoms with Crippen LogP contribution in [0.25, 0.3) is 0 Å². The summed E-state index contributed by atoms with van der Waals surface area (Å²) in [6.07, 6.45) is 2.10. The van der Waals surface area contributed by atoms with Crippen LogP contribution in [0, 0.1) is 0 Å². The fourth-order valence-corrected chi connectivity index (χ4v) is 5.78. The van der Waals surface area contributed by atoms with Gasteiger partial charge in [0.15, 0.2) is 9.84 Å². The molecule has 0 aromatic heterocycles. The third kappa shape index (κ3) is 5.26. The summed E-state index contributed by atoms with van der Waals surface area (Å²) < 4.78 is 50.4. The number of carbonyl (C=O) groups is 1. The fraction of sp³-hybridized carbons (Fsp3) is 0.562. The maximum atomic E-state index is 12.5. The molecule has 1 amide bonds. The molecule has 0 aliphatic carbocycles. The summed E-state index contributed by atoms with van der Waals surface area (Å²) in [7, 11) is -5.38. The van der Waals surface area contributed by atoms with E-state index in [-0.39, 0.29) is 28.7 Å².